The lowest BCUT2D eigenvalue weighted by molar-refractivity contribution is 0.457. The molecule has 0 amide bonds. The van der Waals surface area contributed by atoms with Crippen molar-refractivity contribution in [3.63, 3.8) is 0 Å². The van der Waals surface area contributed by atoms with E-state index < -0.39 is 9.84 Å². The molecule has 7 heteroatoms. The molecule has 1 heterocycles. The Balaban J connectivity index is 2.00. The molecule has 0 aliphatic carbocycles. The van der Waals surface area contributed by atoms with E-state index in [0.29, 0.717) is 22.4 Å². The van der Waals surface area contributed by atoms with Gasteiger partial charge in [-0.3, -0.25) is 0 Å². The van der Waals surface area contributed by atoms with Crippen molar-refractivity contribution in [2.24, 2.45) is 0 Å². The van der Waals surface area contributed by atoms with Crippen LogP contribution in [0.4, 0.5) is 5.69 Å². The Bertz CT molecular complexity index is 916. The van der Waals surface area contributed by atoms with Crippen molar-refractivity contribution < 1.29 is 17.9 Å². The van der Waals surface area contributed by atoms with E-state index in [9.17, 15) is 13.5 Å². The largest absolute Gasteiger partial charge is 0.508 e. The maximum atomic E-state index is 12.3. The number of nitrogen functional groups attached to an aromatic ring is 1. The lowest BCUT2D eigenvalue weighted by Gasteiger charge is -2.01. The molecule has 0 bridgehead atoms. The predicted molar refractivity (Wildman–Crippen MR) is 77.4 cm³/mol. The van der Waals surface area contributed by atoms with Gasteiger partial charge in [0.15, 0.2) is 5.58 Å². The number of sulfone groups is 1. The number of aromatic hydroxyl groups is 1. The summed E-state index contributed by atoms with van der Waals surface area (Å²) in [5.74, 6) is -0.294. The predicted octanol–water partition coefficient (Wildman–Crippen LogP) is 2.09. The highest BCUT2D eigenvalue weighted by molar-refractivity contribution is 7.90. The van der Waals surface area contributed by atoms with Crippen molar-refractivity contribution in [3.8, 4) is 5.75 Å². The second-order valence-electron chi connectivity index (χ2n) is 4.64. The molecule has 0 radical (unpaired) electrons. The number of aromatic nitrogens is 1. The average Bonchev–Trinajstić information content (AvgIpc) is 2.82. The van der Waals surface area contributed by atoms with Crippen LogP contribution in [-0.2, 0) is 15.6 Å². The maximum Gasteiger partial charge on any atom is 0.316 e. The number of hydrogen-bond donors (Lipinski definition) is 2. The standard InChI is InChI=1S/C14H12N2O4S/c15-10-4-5-12-13(7-10)20-14(16-12)21(18,19)8-9-2-1-3-11(17)6-9/h1-7,17H,8,15H2. The number of nitrogens with two attached hydrogens (primary N) is 1. The van der Waals surface area contributed by atoms with Gasteiger partial charge in [-0.05, 0) is 29.8 Å². The number of nitrogens with zero attached hydrogens (tertiary/aromatic N) is 1. The van der Waals surface area contributed by atoms with E-state index in [0.717, 1.165) is 0 Å². The highest BCUT2D eigenvalue weighted by Crippen LogP contribution is 2.24. The molecule has 3 rings (SSSR count). The number of benzene rings is 2. The maximum absolute atomic E-state index is 12.3. The van der Waals surface area contributed by atoms with Gasteiger partial charge in [-0.15, -0.1) is 0 Å². The normalized spacial score (nSPS) is 11.8. The zero-order chi connectivity index (χ0) is 15.0. The van der Waals surface area contributed by atoms with Crippen molar-refractivity contribution in [1.29, 1.82) is 0 Å². The van der Waals surface area contributed by atoms with Crippen LogP contribution in [0.5, 0.6) is 5.75 Å². The smallest absolute Gasteiger partial charge is 0.316 e. The summed E-state index contributed by atoms with van der Waals surface area (Å²) >= 11 is 0. The third kappa shape index (κ3) is 2.68. The number of oxazole rings is 1. The molecule has 3 N–H and O–H groups in total. The second kappa shape index (κ2) is 4.78. The monoisotopic (exact) mass is 304 g/mol. The Morgan fingerprint density at radius 1 is 1.19 bits per heavy atom. The molecule has 0 unspecified atom stereocenters. The SMILES string of the molecule is Nc1ccc2nc(S(=O)(=O)Cc3cccc(O)c3)oc2c1. The van der Waals surface area contributed by atoms with Crippen molar-refractivity contribution in [2.45, 2.75) is 11.0 Å². The fourth-order valence-electron chi connectivity index (χ4n) is 1.98. The summed E-state index contributed by atoms with van der Waals surface area (Å²) < 4.78 is 29.9. The van der Waals surface area contributed by atoms with Crippen LogP contribution in [0.2, 0.25) is 0 Å². The number of anilines is 1. The molecular weight excluding hydrogens is 292 g/mol. The minimum atomic E-state index is -3.73. The van der Waals surface area contributed by atoms with E-state index in [4.69, 9.17) is 10.2 Å². The zero-order valence-corrected chi connectivity index (χ0v) is 11.7. The molecule has 0 spiro atoms. The number of rotatable bonds is 3. The number of phenolic OH excluding ortho intramolecular Hbond substituents is 1. The number of phenols is 1. The van der Waals surface area contributed by atoms with Gasteiger partial charge in [0.25, 0.3) is 0 Å². The molecular formula is C14H12N2O4S. The first kappa shape index (κ1) is 13.4. The Morgan fingerprint density at radius 2 is 2.00 bits per heavy atom. The van der Waals surface area contributed by atoms with Gasteiger partial charge in [0.2, 0.25) is 9.84 Å². The van der Waals surface area contributed by atoms with E-state index in [2.05, 4.69) is 4.98 Å². The molecule has 0 aliphatic heterocycles. The summed E-state index contributed by atoms with van der Waals surface area (Å²) in [5.41, 5.74) is 7.29. The third-order valence-corrected chi connectivity index (χ3v) is 4.35. The number of fused-ring (bicyclic) bond motifs is 1. The van der Waals surface area contributed by atoms with Crippen molar-refractivity contribution in [2.75, 3.05) is 5.73 Å². The van der Waals surface area contributed by atoms with E-state index in [1.165, 1.54) is 18.2 Å². The van der Waals surface area contributed by atoms with E-state index in [1.54, 1.807) is 24.3 Å². The first-order valence-electron chi connectivity index (χ1n) is 6.11. The van der Waals surface area contributed by atoms with Gasteiger partial charge in [0.1, 0.15) is 11.3 Å². The lowest BCUT2D eigenvalue weighted by atomic mass is 10.2. The van der Waals surface area contributed by atoms with Crippen LogP contribution in [0.3, 0.4) is 0 Å². The molecule has 2 aromatic carbocycles. The van der Waals surface area contributed by atoms with Crippen LogP contribution in [-0.4, -0.2) is 18.5 Å². The van der Waals surface area contributed by atoms with Crippen LogP contribution in [0.15, 0.2) is 52.1 Å². The molecule has 0 aliphatic rings. The minimum Gasteiger partial charge on any atom is -0.508 e. The van der Waals surface area contributed by atoms with Crippen LogP contribution in [0, 0.1) is 0 Å². The van der Waals surface area contributed by atoms with E-state index in [-0.39, 0.29) is 16.7 Å². The second-order valence-corrected chi connectivity index (χ2v) is 6.50. The third-order valence-electron chi connectivity index (χ3n) is 2.93. The quantitative estimate of drug-likeness (QED) is 0.718. The van der Waals surface area contributed by atoms with Gasteiger partial charge in [-0.2, -0.15) is 4.98 Å². The van der Waals surface area contributed by atoms with Crippen LogP contribution in [0.1, 0.15) is 5.56 Å². The lowest BCUT2D eigenvalue weighted by Crippen LogP contribution is -2.05. The van der Waals surface area contributed by atoms with Gasteiger partial charge < -0.3 is 15.3 Å². The highest BCUT2D eigenvalue weighted by Gasteiger charge is 2.22. The molecule has 0 saturated heterocycles. The van der Waals surface area contributed by atoms with Crippen molar-refractivity contribution in [1.82, 2.24) is 4.98 Å². The van der Waals surface area contributed by atoms with Gasteiger partial charge in [0.05, 0.1) is 5.75 Å². The molecule has 1 aromatic heterocycles. The summed E-state index contributed by atoms with van der Waals surface area (Å²) in [6.07, 6.45) is 0. The Hall–Kier alpha value is -2.54. The molecule has 21 heavy (non-hydrogen) atoms. The Kier molecular flexibility index (Phi) is 3.06. The van der Waals surface area contributed by atoms with E-state index >= 15 is 0 Å². The fraction of sp³-hybridized carbons (Fsp3) is 0.0714. The van der Waals surface area contributed by atoms with E-state index in [1.807, 2.05) is 0 Å². The Morgan fingerprint density at radius 3 is 2.76 bits per heavy atom. The van der Waals surface area contributed by atoms with Crippen molar-refractivity contribution in [3.05, 3.63) is 48.0 Å². The fourth-order valence-corrected chi connectivity index (χ4v) is 3.18. The van der Waals surface area contributed by atoms with Crippen LogP contribution < -0.4 is 5.73 Å². The van der Waals surface area contributed by atoms with Crippen LogP contribution in [0.25, 0.3) is 11.1 Å². The molecule has 0 fully saturated rings. The zero-order valence-electron chi connectivity index (χ0n) is 10.9. The van der Waals surface area contributed by atoms with Gasteiger partial charge in [-0.1, -0.05) is 12.1 Å². The molecule has 108 valence electrons. The van der Waals surface area contributed by atoms with Crippen LogP contribution >= 0.6 is 0 Å². The van der Waals surface area contributed by atoms with Gasteiger partial charge >= 0.3 is 5.22 Å². The first-order valence-corrected chi connectivity index (χ1v) is 7.76. The summed E-state index contributed by atoms with van der Waals surface area (Å²) in [4.78, 5) is 3.97. The molecule has 0 saturated carbocycles. The average molecular weight is 304 g/mol. The molecule has 0 atom stereocenters. The first-order chi connectivity index (χ1) is 9.94. The van der Waals surface area contributed by atoms with Gasteiger partial charge in [0, 0.05) is 11.8 Å². The molecule has 3 aromatic rings. The number of hydrogen-bond acceptors (Lipinski definition) is 6. The summed E-state index contributed by atoms with van der Waals surface area (Å²) in [6, 6.07) is 10.8. The van der Waals surface area contributed by atoms with Crippen molar-refractivity contribution >= 4 is 26.6 Å². The summed E-state index contributed by atoms with van der Waals surface area (Å²) in [6.45, 7) is 0. The molecule has 6 nitrogen and oxygen atoms in total. The topological polar surface area (TPSA) is 106 Å². The Labute approximate surface area is 120 Å². The van der Waals surface area contributed by atoms with Gasteiger partial charge in [-0.25, -0.2) is 8.42 Å². The summed E-state index contributed by atoms with van der Waals surface area (Å²) in [7, 11) is -3.73. The highest BCUT2D eigenvalue weighted by atomic mass is 32.2. The summed E-state index contributed by atoms with van der Waals surface area (Å²) in [5, 5.41) is 9.02. The minimum absolute atomic E-state index is 0.00744.